The topological polar surface area (TPSA) is 88.2 Å². The van der Waals surface area contributed by atoms with Crippen LogP contribution in [0.1, 0.15) is 24.2 Å². The summed E-state index contributed by atoms with van der Waals surface area (Å²) in [4.78, 5) is 17.2. The molecule has 3 aromatic rings. The summed E-state index contributed by atoms with van der Waals surface area (Å²) in [5.41, 5.74) is 2.76. The maximum absolute atomic E-state index is 12.5. The number of carbonyl (C=O) groups excluding carboxylic acids is 1. The van der Waals surface area contributed by atoms with Crippen LogP contribution in [0.15, 0.2) is 58.8 Å². The molecule has 0 saturated carbocycles. The second-order valence-electron chi connectivity index (χ2n) is 6.67. The van der Waals surface area contributed by atoms with Crippen molar-refractivity contribution in [3.63, 3.8) is 0 Å². The van der Waals surface area contributed by atoms with E-state index in [1.165, 1.54) is 35.6 Å². The highest BCUT2D eigenvalue weighted by Gasteiger charge is 2.11. The first kappa shape index (κ1) is 20.0. The van der Waals surface area contributed by atoms with Crippen LogP contribution < -0.4 is 10.6 Å². The number of benzene rings is 2. The van der Waals surface area contributed by atoms with Gasteiger partial charge in [0.05, 0.1) is 10.6 Å². The van der Waals surface area contributed by atoms with Gasteiger partial charge in [-0.3, -0.25) is 4.79 Å². The Morgan fingerprint density at radius 1 is 1.11 bits per heavy atom. The molecule has 0 aliphatic carbocycles. The van der Waals surface area contributed by atoms with Crippen molar-refractivity contribution in [3.05, 3.63) is 59.5 Å². The van der Waals surface area contributed by atoms with E-state index in [9.17, 15) is 13.2 Å². The van der Waals surface area contributed by atoms with Gasteiger partial charge in [0.1, 0.15) is 0 Å². The van der Waals surface area contributed by atoms with E-state index >= 15 is 0 Å². The van der Waals surface area contributed by atoms with Crippen LogP contribution in [0.2, 0.25) is 0 Å². The molecule has 8 heteroatoms. The average molecular weight is 416 g/mol. The molecule has 1 amide bonds. The van der Waals surface area contributed by atoms with Crippen LogP contribution >= 0.6 is 11.3 Å². The molecular formula is C20H21N3O3S2. The highest BCUT2D eigenvalue weighted by molar-refractivity contribution is 7.90. The fourth-order valence-corrected chi connectivity index (χ4v) is 4.03. The minimum absolute atomic E-state index is 0.181. The summed E-state index contributed by atoms with van der Waals surface area (Å²) < 4.78 is 23.1. The zero-order valence-electron chi connectivity index (χ0n) is 15.8. The van der Waals surface area contributed by atoms with Crippen molar-refractivity contribution in [2.24, 2.45) is 0 Å². The third-order valence-electron chi connectivity index (χ3n) is 3.88. The molecule has 0 unspecified atom stereocenters. The summed E-state index contributed by atoms with van der Waals surface area (Å²) in [7, 11) is -3.29. The molecule has 28 heavy (non-hydrogen) atoms. The van der Waals surface area contributed by atoms with Gasteiger partial charge in [-0.1, -0.05) is 12.1 Å². The third-order valence-corrected chi connectivity index (χ3v) is 5.78. The first-order chi connectivity index (χ1) is 13.2. The second kappa shape index (κ2) is 8.12. The van der Waals surface area contributed by atoms with Gasteiger partial charge in [0.2, 0.25) is 0 Å². The number of thiazole rings is 1. The number of rotatable bonds is 6. The van der Waals surface area contributed by atoms with Gasteiger partial charge in [0.25, 0.3) is 5.91 Å². The first-order valence-electron chi connectivity index (χ1n) is 8.66. The summed E-state index contributed by atoms with van der Waals surface area (Å²) in [6, 6.07) is 13.6. The Hall–Kier alpha value is -2.71. The minimum Gasteiger partial charge on any atom is -0.359 e. The largest absolute Gasteiger partial charge is 0.359 e. The Morgan fingerprint density at radius 3 is 2.46 bits per heavy atom. The molecule has 0 saturated heterocycles. The zero-order chi connectivity index (χ0) is 20.3. The summed E-state index contributed by atoms with van der Waals surface area (Å²) in [5.74, 6) is -0.308. The summed E-state index contributed by atoms with van der Waals surface area (Å²) in [6.45, 7) is 4.11. The maximum atomic E-state index is 12.5. The van der Waals surface area contributed by atoms with Gasteiger partial charge in [-0.15, -0.1) is 11.3 Å². The smallest absolute Gasteiger partial charge is 0.255 e. The Labute approximate surface area is 168 Å². The number of amides is 1. The number of nitrogens with zero attached hydrogens (tertiary/aromatic N) is 1. The van der Waals surface area contributed by atoms with Gasteiger partial charge in [0, 0.05) is 34.5 Å². The van der Waals surface area contributed by atoms with E-state index in [0.717, 1.165) is 22.6 Å². The molecule has 146 valence electrons. The van der Waals surface area contributed by atoms with Crippen LogP contribution in [0.5, 0.6) is 0 Å². The maximum Gasteiger partial charge on any atom is 0.255 e. The number of sulfone groups is 1. The van der Waals surface area contributed by atoms with Crippen molar-refractivity contribution in [2.45, 2.75) is 24.8 Å². The minimum atomic E-state index is -3.29. The quantitative estimate of drug-likeness (QED) is 0.627. The number of hydrogen-bond acceptors (Lipinski definition) is 6. The van der Waals surface area contributed by atoms with Crippen LogP contribution in [0.4, 0.5) is 10.8 Å². The lowest BCUT2D eigenvalue weighted by atomic mass is 10.1. The highest BCUT2D eigenvalue weighted by atomic mass is 32.2. The third kappa shape index (κ3) is 4.96. The van der Waals surface area contributed by atoms with Gasteiger partial charge >= 0.3 is 0 Å². The monoisotopic (exact) mass is 415 g/mol. The molecule has 0 radical (unpaired) electrons. The van der Waals surface area contributed by atoms with Gasteiger partial charge in [-0.05, 0) is 50.2 Å². The average Bonchev–Trinajstić information content (AvgIpc) is 3.09. The molecule has 0 fully saturated rings. The van der Waals surface area contributed by atoms with Gasteiger partial charge < -0.3 is 10.6 Å². The summed E-state index contributed by atoms with van der Waals surface area (Å²) in [6.07, 6.45) is 1.13. The van der Waals surface area contributed by atoms with E-state index in [1.807, 2.05) is 23.6 Å². The van der Waals surface area contributed by atoms with Crippen molar-refractivity contribution in [1.29, 1.82) is 0 Å². The van der Waals surface area contributed by atoms with Crippen molar-refractivity contribution in [2.75, 3.05) is 16.9 Å². The Bertz CT molecular complexity index is 1090. The van der Waals surface area contributed by atoms with Crippen LogP contribution in [0.3, 0.4) is 0 Å². The lowest BCUT2D eigenvalue weighted by molar-refractivity contribution is 0.102. The molecule has 2 aromatic carbocycles. The molecule has 0 spiro atoms. The Balaban J connectivity index is 1.75. The number of hydrogen-bond donors (Lipinski definition) is 2. The molecular weight excluding hydrogens is 394 g/mol. The van der Waals surface area contributed by atoms with Gasteiger partial charge in [0.15, 0.2) is 15.0 Å². The van der Waals surface area contributed by atoms with Crippen molar-refractivity contribution in [3.8, 4) is 11.3 Å². The lowest BCUT2D eigenvalue weighted by Gasteiger charge is -2.08. The zero-order valence-corrected chi connectivity index (χ0v) is 17.4. The van der Waals surface area contributed by atoms with Gasteiger partial charge in [-0.2, -0.15) is 0 Å². The molecule has 0 aliphatic rings. The Morgan fingerprint density at radius 2 is 1.82 bits per heavy atom. The van der Waals surface area contributed by atoms with E-state index < -0.39 is 9.84 Å². The highest BCUT2D eigenvalue weighted by Crippen LogP contribution is 2.27. The molecule has 1 heterocycles. The van der Waals surface area contributed by atoms with E-state index in [0.29, 0.717) is 17.3 Å². The second-order valence-corrected chi connectivity index (χ2v) is 9.54. The van der Waals surface area contributed by atoms with E-state index in [4.69, 9.17) is 0 Å². The molecule has 1 aromatic heterocycles. The van der Waals surface area contributed by atoms with E-state index in [1.54, 1.807) is 6.07 Å². The number of aromatic nitrogens is 1. The normalized spacial score (nSPS) is 11.4. The first-order valence-corrected chi connectivity index (χ1v) is 11.4. The predicted octanol–water partition coefficient (Wildman–Crippen LogP) is 4.29. The van der Waals surface area contributed by atoms with Crippen molar-refractivity contribution in [1.82, 2.24) is 4.98 Å². The fourth-order valence-electron chi connectivity index (χ4n) is 2.53. The standard InChI is InChI=1S/C20H21N3O3S2/c1-13(2)21-20-23-18(12-27-20)15-5-4-6-16(11-15)22-19(24)14-7-9-17(10-8-14)28(3,25)26/h4-13H,1-3H3,(H,21,23)(H,22,24). The fraction of sp³-hybridized carbons (Fsp3) is 0.200. The van der Waals surface area contributed by atoms with E-state index in [-0.39, 0.29) is 10.8 Å². The molecule has 3 rings (SSSR count). The Kier molecular flexibility index (Phi) is 5.81. The lowest BCUT2D eigenvalue weighted by Crippen LogP contribution is -2.12. The predicted molar refractivity (Wildman–Crippen MR) is 114 cm³/mol. The summed E-state index contributed by atoms with van der Waals surface area (Å²) >= 11 is 1.53. The molecule has 0 aliphatic heterocycles. The number of anilines is 2. The molecule has 0 atom stereocenters. The van der Waals surface area contributed by atoms with Crippen LogP contribution in [0, 0.1) is 0 Å². The van der Waals surface area contributed by atoms with Crippen LogP contribution in [0.25, 0.3) is 11.3 Å². The number of carbonyl (C=O) groups is 1. The van der Waals surface area contributed by atoms with Crippen LogP contribution in [-0.4, -0.2) is 31.6 Å². The number of nitrogens with one attached hydrogen (secondary N) is 2. The van der Waals surface area contributed by atoms with Crippen LogP contribution in [-0.2, 0) is 9.84 Å². The molecule has 0 bridgehead atoms. The molecule has 2 N–H and O–H groups in total. The van der Waals surface area contributed by atoms with Crippen molar-refractivity contribution < 1.29 is 13.2 Å². The van der Waals surface area contributed by atoms with Gasteiger partial charge in [-0.25, -0.2) is 13.4 Å². The SMILES string of the molecule is CC(C)Nc1nc(-c2cccc(NC(=O)c3ccc(S(C)(=O)=O)cc3)c2)cs1. The molecule has 6 nitrogen and oxygen atoms in total. The van der Waals surface area contributed by atoms with Crippen molar-refractivity contribution >= 4 is 37.9 Å². The summed E-state index contributed by atoms with van der Waals surface area (Å²) in [5, 5.41) is 8.93. The van der Waals surface area contributed by atoms with E-state index in [2.05, 4.69) is 29.5 Å².